The van der Waals surface area contributed by atoms with Crippen LogP contribution in [0.25, 0.3) is 0 Å². The first-order chi connectivity index (χ1) is 14.7. The zero-order valence-electron chi connectivity index (χ0n) is 19.0. The molecule has 6 nitrogen and oxygen atoms in total. The molecule has 172 valence electrons. The van der Waals surface area contributed by atoms with Crippen molar-refractivity contribution >= 4 is 29.9 Å². The largest absolute Gasteiger partial charge is 0.497 e. The van der Waals surface area contributed by atoms with Crippen LogP contribution in [-0.4, -0.2) is 62.1 Å². The summed E-state index contributed by atoms with van der Waals surface area (Å²) in [5.74, 6) is 3.57. The number of halogens is 1. The van der Waals surface area contributed by atoms with E-state index in [2.05, 4.69) is 41.1 Å². The van der Waals surface area contributed by atoms with Gasteiger partial charge in [-0.2, -0.15) is 0 Å². The van der Waals surface area contributed by atoms with Crippen LogP contribution in [0.4, 0.5) is 0 Å². The molecule has 0 aliphatic carbocycles. The Morgan fingerprint density at radius 3 is 2.65 bits per heavy atom. The van der Waals surface area contributed by atoms with Gasteiger partial charge in [-0.15, -0.1) is 24.0 Å². The maximum absolute atomic E-state index is 5.47. The first kappa shape index (κ1) is 25.5. The van der Waals surface area contributed by atoms with Crippen molar-refractivity contribution in [2.24, 2.45) is 10.9 Å². The highest BCUT2D eigenvalue weighted by Gasteiger charge is 2.26. The maximum atomic E-state index is 5.47. The second kappa shape index (κ2) is 13.6. The Bertz CT molecular complexity index is 760. The van der Waals surface area contributed by atoms with E-state index < -0.39 is 0 Å². The Morgan fingerprint density at radius 1 is 1.23 bits per heavy atom. The lowest BCUT2D eigenvalue weighted by Gasteiger charge is -2.24. The van der Waals surface area contributed by atoms with Crippen molar-refractivity contribution in [3.8, 4) is 5.75 Å². The van der Waals surface area contributed by atoms with Gasteiger partial charge in [0.25, 0.3) is 0 Å². The van der Waals surface area contributed by atoms with E-state index in [1.807, 2.05) is 24.3 Å². The second-order valence-electron chi connectivity index (χ2n) is 7.83. The highest BCUT2D eigenvalue weighted by Crippen LogP contribution is 2.18. The summed E-state index contributed by atoms with van der Waals surface area (Å²) in [7, 11) is 1.69. The third-order valence-corrected chi connectivity index (χ3v) is 5.80. The van der Waals surface area contributed by atoms with E-state index in [0.717, 1.165) is 56.6 Å². The van der Waals surface area contributed by atoms with E-state index >= 15 is 0 Å². The number of hydrogen-bond acceptors (Lipinski definition) is 4. The molecule has 1 N–H and O–H groups in total. The summed E-state index contributed by atoms with van der Waals surface area (Å²) in [5, 5.41) is 3.57. The van der Waals surface area contributed by atoms with Crippen LogP contribution in [0.2, 0.25) is 0 Å². The van der Waals surface area contributed by atoms with Gasteiger partial charge >= 0.3 is 0 Å². The Morgan fingerprint density at radius 2 is 2.00 bits per heavy atom. The number of rotatable bonds is 10. The Balaban J connectivity index is 0.00000341. The van der Waals surface area contributed by atoms with Crippen LogP contribution in [0.1, 0.15) is 31.6 Å². The second-order valence-corrected chi connectivity index (χ2v) is 7.83. The highest BCUT2D eigenvalue weighted by molar-refractivity contribution is 14.0. The van der Waals surface area contributed by atoms with Crippen LogP contribution < -0.4 is 10.1 Å². The molecule has 7 heteroatoms. The molecule has 1 fully saturated rings. The van der Waals surface area contributed by atoms with E-state index in [1.54, 1.807) is 13.4 Å². The third-order valence-electron chi connectivity index (χ3n) is 5.80. The summed E-state index contributed by atoms with van der Waals surface area (Å²) in [6.45, 7) is 11.5. The molecule has 1 aliphatic rings. The van der Waals surface area contributed by atoms with Gasteiger partial charge in [0, 0.05) is 32.6 Å². The zero-order chi connectivity index (χ0) is 21.2. The molecule has 0 bridgehead atoms. The van der Waals surface area contributed by atoms with E-state index in [0.29, 0.717) is 12.5 Å². The predicted octanol–water partition coefficient (Wildman–Crippen LogP) is 4.26. The Labute approximate surface area is 204 Å². The van der Waals surface area contributed by atoms with Crippen molar-refractivity contribution in [3.63, 3.8) is 0 Å². The van der Waals surface area contributed by atoms with Crippen LogP contribution in [-0.2, 0) is 13.0 Å². The molecule has 0 saturated carbocycles. The van der Waals surface area contributed by atoms with Gasteiger partial charge < -0.3 is 24.3 Å². The maximum Gasteiger partial charge on any atom is 0.194 e. The van der Waals surface area contributed by atoms with Crippen molar-refractivity contribution in [2.45, 2.75) is 33.2 Å². The van der Waals surface area contributed by atoms with Crippen molar-refractivity contribution < 1.29 is 9.15 Å². The average molecular weight is 540 g/mol. The Kier molecular flexibility index (Phi) is 11.2. The van der Waals surface area contributed by atoms with Crippen molar-refractivity contribution in [2.75, 3.05) is 46.4 Å². The standard InChI is InChI=1S/C24H36N4O2.HI/c1-4-27(5-2)18-21-13-15-28(19-21)24(25-14-12-23-7-6-16-30-23)26-17-20-8-10-22(29-3)11-9-20;/h6-11,16,21H,4-5,12-15,17-19H2,1-3H3,(H,25,26);1H. The van der Waals surface area contributed by atoms with Crippen LogP contribution in [0.5, 0.6) is 5.75 Å². The molecule has 0 radical (unpaired) electrons. The monoisotopic (exact) mass is 540 g/mol. The minimum Gasteiger partial charge on any atom is -0.497 e. The molecule has 1 aliphatic heterocycles. The van der Waals surface area contributed by atoms with E-state index in [-0.39, 0.29) is 24.0 Å². The third kappa shape index (κ3) is 8.03. The number of aliphatic imine (C=N–C) groups is 1. The number of furan rings is 1. The lowest BCUT2D eigenvalue weighted by atomic mass is 10.1. The lowest BCUT2D eigenvalue weighted by molar-refractivity contribution is 0.255. The van der Waals surface area contributed by atoms with Crippen LogP contribution in [0, 0.1) is 5.92 Å². The molecule has 1 aromatic carbocycles. The molecule has 31 heavy (non-hydrogen) atoms. The van der Waals surface area contributed by atoms with Crippen LogP contribution in [0.15, 0.2) is 52.1 Å². The number of nitrogens with zero attached hydrogens (tertiary/aromatic N) is 3. The van der Waals surface area contributed by atoms with Crippen molar-refractivity contribution in [3.05, 3.63) is 54.0 Å². The average Bonchev–Trinajstić information content (AvgIpc) is 3.47. The minimum absolute atomic E-state index is 0. The van der Waals surface area contributed by atoms with Gasteiger partial charge in [0.1, 0.15) is 11.5 Å². The van der Waals surface area contributed by atoms with Crippen LogP contribution >= 0.6 is 24.0 Å². The van der Waals surface area contributed by atoms with Crippen molar-refractivity contribution in [1.82, 2.24) is 15.1 Å². The van der Waals surface area contributed by atoms with Gasteiger partial charge in [-0.25, -0.2) is 4.99 Å². The minimum atomic E-state index is 0. The first-order valence-corrected chi connectivity index (χ1v) is 11.1. The van der Waals surface area contributed by atoms with Gasteiger partial charge in [0.15, 0.2) is 5.96 Å². The number of nitrogens with one attached hydrogen (secondary N) is 1. The van der Waals surface area contributed by atoms with Gasteiger partial charge in [-0.05, 0) is 55.3 Å². The summed E-state index contributed by atoms with van der Waals surface area (Å²) in [4.78, 5) is 9.89. The number of methoxy groups -OCH3 is 1. The van der Waals surface area contributed by atoms with Crippen LogP contribution in [0.3, 0.4) is 0 Å². The van der Waals surface area contributed by atoms with E-state index in [4.69, 9.17) is 14.1 Å². The number of hydrogen-bond donors (Lipinski definition) is 1. The molecule has 1 atom stereocenters. The summed E-state index contributed by atoms with van der Waals surface area (Å²) in [6, 6.07) is 12.1. The molecule has 3 rings (SSSR count). The molecule has 1 unspecified atom stereocenters. The summed E-state index contributed by atoms with van der Waals surface area (Å²) in [5.41, 5.74) is 1.18. The molecule has 2 heterocycles. The number of likely N-dealkylation sites (tertiary alicyclic amines) is 1. The normalized spacial score (nSPS) is 16.5. The quantitative estimate of drug-likeness (QED) is 0.278. The van der Waals surface area contributed by atoms with Gasteiger partial charge in [0.2, 0.25) is 0 Å². The molecule has 1 aromatic heterocycles. The topological polar surface area (TPSA) is 53.2 Å². The fourth-order valence-electron chi connectivity index (χ4n) is 3.94. The zero-order valence-corrected chi connectivity index (χ0v) is 21.4. The van der Waals surface area contributed by atoms with E-state index in [1.165, 1.54) is 18.5 Å². The molecular weight excluding hydrogens is 503 g/mol. The van der Waals surface area contributed by atoms with Gasteiger partial charge in [0.05, 0.1) is 19.9 Å². The SMILES string of the molecule is CCN(CC)CC1CCN(C(=NCc2ccc(OC)cc2)NCCc2ccco2)C1.I. The summed E-state index contributed by atoms with van der Waals surface area (Å²) < 4.78 is 10.7. The molecular formula is C24H37IN4O2. The van der Waals surface area contributed by atoms with Crippen molar-refractivity contribution in [1.29, 1.82) is 0 Å². The number of ether oxygens (including phenoxy) is 1. The molecule has 0 spiro atoms. The number of guanidine groups is 1. The lowest BCUT2D eigenvalue weighted by Crippen LogP contribution is -2.41. The van der Waals surface area contributed by atoms with E-state index in [9.17, 15) is 0 Å². The Hall–Kier alpha value is -1.74. The smallest absolute Gasteiger partial charge is 0.194 e. The molecule has 0 amide bonds. The summed E-state index contributed by atoms with van der Waals surface area (Å²) >= 11 is 0. The predicted molar refractivity (Wildman–Crippen MR) is 137 cm³/mol. The highest BCUT2D eigenvalue weighted by atomic mass is 127. The fourth-order valence-corrected chi connectivity index (χ4v) is 3.94. The molecule has 2 aromatic rings. The van der Waals surface area contributed by atoms with Gasteiger partial charge in [-0.3, -0.25) is 0 Å². The molecule has 1 saturated heterocycles. The fraction of sp³-hybridized carbons (Fsp3) is 0.542. The number of benzene rings is 1. The van der Waals surface area contributed by atoms with Gasteiger partial charge in [-0.1, -0.05) is 26.0 Å². The summed E-state index contributed by atoms with van der Waals surface area (Å²) in [6.07, 6.45) is 3.80. The first-order valence-electron chi connectivity index (χ1n) is 11.1.